The Labute approximate surface area is 118 Å². The fourth-order valence-electron chi connectivity index (χ4n) is 3.19. The van der Waals surface area contributed by atoms with Crippen molar-refractivity contribution in [2.45, 2.75) is 38.6 Å². The van der Waals surface area contributed by atoms with E-state index in [9.17, 15) is 5.26 Å². The molecule has 108 valence electrons. The van der Waals surface area contributed by atoms with Crippen molar-refractivity contribution in [2.75, 3.05) is 52.4 Å². The van der Waals surface area contributed by atoms with Gasteiger partial charge in [0.25, 0.3) is 0 Å². The zero-order valence-corrected chi connectivity index (χ0v) is 12.4. The minimum absolute atomic E-state index is 0.144. The predicted molar refractivity (Wildman–Crippen MR) is 78.0 cm³/mol. The van der Waals surface area contributed by atoms with Crippen LogP contribution in [0.4, 0.5) is 0 Å². The van der Waals surface area contributed by atoms with E-state index < -0.39 is 0 Å². The van der Waals surface area contributed by atoms with Gasteiger partial charge in [-0.3, -0.25) is 9.80 Å². The molecule has 0 saturated carbocycles. The Morgan fingerprint density at radius 1 is 0.947 bits per heavy atom. The van der Waals surface area contributed by atoms with Crippen LogP contribution in [0.5, 0.6) is 0 Å². The van der Waals surface area contributed by atoms with Crippen molar-refractivity contribution in [3.05, 3.63) is 0 Å². The van der Waals surface area contributed by atoms with E-state index in [4.69, 9.17) is 0 Å². The number of rotatable bonds is 6. The number of piperazine rings is 1. The Bertz CT molecular complexity index is 285. The summed E-state index contributed by atoms with van der Waals surface area (Å²) < 4.78 is 0. The third kappa shape index (κ3) is 4.45. The molecule has 0 spiro atoms. The third-order valence-corrected chi connectivity index (χ3v) is 4.49. The summed E-state index contributed by atoms with van der Waals surface area (Å²) in [7, 11) is 0. The average Bonchev–Trinajstić information content (AvgIpc) is 2.96. The maximum absolute atomic E-state index is 9.21. The van der Waals surface area contributed by atoms with Crippen LogP contribution in [0, 0.1) is 11.3 Å². The highest BCUT2D eigenvalue weighted by atomic mass is 15.3. The lowest BCUT2D eigenvalue weighted by Crippen LogP contribution is -2.51. The van der Waals surface area contributed by atoms with Gasteiger partial charge in [0.2, 0.25) is 0 Å². The molecule has 19 heavy (non-hydrogen) atoms. The summed E-state index contributed by atoms with van der Waals surface area (Å²) >= 11 is 0. The normalized spacial score (nSPS) is 24.4. The van der Waals surface area contributed by atoms with Gasteiger partial charge in [-0.05, 0) is 32.4 Å². The molecular formula is C15H28N4. The largest absolute Gasteiger partial charge is 0.302 e. The summed E-state index contributed by atoms with van der Waals surface area (Å²) in [4.78, 5) is 7.52. The molecule has 0 aromatic rings. The Hall–Kier alpha value is -0.630. The van der Waals surface area contributed by atoms with Gasteiger partial charge in [-0.2, -0.15) is 5.26 Å². The van der Waals surface area contributed by atoms with Crippen LogP contribution < -0.4 is 0 Å². The molecule has 2 rings (SSSR count). The second-order valence-electron chi connectivity index (χ2n) is 5.86. The summed E-state index contributed by atoms with van der Waals surface area (Å²) in [5.74, 6) is 0. The minimum Gasteiger partial charge on any atom is -0.302 e. The van der Waals surface area contributed by atoms with E-state index in [0.29, 0.717) is 0 Å². The first-order valence-corrected chi connectivity index (χ1v) is 7.92. The molecule has 0 aromatic carbocycles. The summed E-state index contributed by atoms with van der Waals surface area (Å²) in [5.41, 5.74) is 0. The highest BCUT2D eigenvalue weighted by molar-refractivity contribution is 4.93. The van der Waals surface area contributed by atoms with Gasteiger partial charge >= 0.3 is 0 Å². The minimum atomic E-state index is 0.144. The lowest BCUT2D eigenvalue weighted by Gasteiger charge is -2.37. The second-order valence-corrected chi connectivity index (χ2v) is 5.86. The molecule has 2 aliphatic rings. The van der Waals surface area contributed by atoms with Gasteiger partial charge in [0.15, 0.2) is 0 Å². The summed E-state index contributed by atoms with van der Waals surface area (Å²) in [6, 6.07) is 2.61. The van der Waals surface area contributed by atoms with Crippen molar-refractivity contribution in [3.8, 4) is 6.07 Å². The van der Waals surface area contributed by atoms with Gasteiger partial charge in [-0.15, -0.1) is 0 Å². The second kappa shape index (κ2) is 7.84. The number of nitrogens with zero attached hydrogens (tertiary/aromatic N) is 4. The van der Waals surface area contributed by atoms with Crippen molar-refractivity contribution in [1.82, 2.24) is 14.7 Å². The molecule has 1 atom stereocenters. The summed E-state index contributed by atoms with van der Waals surface area (Å²) in [6.07, 6.45) is 4.89. The number of likely N-dealkylation sites (tertiary alicyclic amines) is 1. The molecule has 2 heterocycles. The summed E-state index contributed by atoms with van der Waals surface area (Å²) in [6.45, 7) is 11.6. The standard InChI is InChI=1S/C15H28N4/c1-2-5-15(14-16)19-12-10-18(11-13-19)9-8-17-6-3-4-7-17/h15H,2-13H2,1H3. The van der Waals surface area contributed by atoms with Crippen LogP contribution in [-0.2, 0) is 0 Å². The van der Waals surface area contributed by atoms with E-state index in [1.54, 1.807) is 0 Å². The molecule has 2 fully saturated rings. The van der Waals surface area contributed by atoms with Crippen molar-refractivity contribution in [3.63, 3.8) is 0 Å². The molecule has 2 aliphatic heterocycles. The molecule has 0 N–H and O–H groups in total. The van der Waals surface area contributed by atoms with Crippen LogP contribution in [0.2, 0.25) is 0 Å². The monoisotopic (exact) mass is 264 g/mol. The van der Waals surface area contributed by atoms with Gasteiger partial charge in [-0.1, -0.05) is 13.3 Å². The lowest BCUT2D eigenvalue weighted by atomic mass is 10.1. The zero-order valence-electron chi connectivity index (χ0n) is 12.4. The highest BCUT2D eigenvalue weighted by Crippen LogP contribution is 2.11. The maximum atomic E-state index is 9.21. The molecule has 1 unspecified atom stereocenters. The number of hydrogen-bond donors (Lipinski definition) is 0. The molecular weight excluding hydrogens is 236 g/mol. The Balaban J connectivity index is 1.65. The molecule has 0 radical (unpaired) electrons. The first kappa shape index (κ1) is 14.8. The van der Waals surface area contributed by atoms with E-state index in [-0.39, 0.29) is 6.04 Å². The first-order valence-electron chi connectivity index (χ1n) is 7.92. The Morgan fingerprint density at radius 3 is 2.05 bits per heavy atom. The quantitative estimate of drug-likeness (QED) is 0.726. The average molecular weight is 264 g/mol. The Morgan fingerprint density at radius 2 is 1.53 bits per heavy atom. The van der Waals surface area contributed by atoms with E-state index in [1.165, 1.54) is 39.0 Å². The van der Waals surface area contributed by atoms with Crippen molar-refractivity contribution in [1.29, 1.82) is 5.26 Å². The van der Waals surface area contributed by atoms with Crippen molar-refractivity contribution in [2.24, 2.45) is 0 Å². The van der Waals surface area contributed by atoms with Gasteiger partial charge < -0.3 is 4.90 Å². The lowest BCUT2D eigenvalue weighted by molar-refractivity contribution is 0.103. The zero-order chi connectivity index (χ0) is 13.5. The van der Waals surface area contributed by atoms with Crippen molar-refractivity contribution >= 4 is 0 Å². The fraction of sp³-hybridized carbons (Fsp3) is 0.933. The van der Waals surface area contributed by atoms with Crippen LogP contribution in [-0.4, -0.2) is 73.1 Å². The van der Waals surface area contributed by atoms with E-state index in [0.717, 1.165) is 39.0 Å². The van der Waals surface area contributed by atoms with Crippen LogP contribution >= 0.6 is 0 Å². The molecule has 0 amide bonds. The molecule has 0 aromatic heterocycles. The van der Waals surface area contributed by atoms with Gasteiger partial charge in [0.05, 0.1) is 12.1 Å². The fourth-order valence-corrected chi connectivity index (χ4v) is 3.19. The SMILES string of the molecule is CCCC(C#N)N1CCN(CCN2CCCC2)CC1. The van der Waals surface area contributed by atoms with Gasteiger partial charge in [0.1, 0.15) is 0 Å². The van der Waals surface area contributed by atoms with Crippen molar-refractivity contribution < 1.29 is 0 Å². The summed E-state index contributed by atoms with van der Waals surface area (Å²) in [5, 5.41) is 9.21. The molecule has 2 saturated heterocycles. The highest BCUT2D eigenvalue weighted by Gasteiger charge is 2.23. The molecule has 4 nitrogen and oxygen atoms in total. The van der Waals surface area contributed by atoms with Crippen LogP contribution in [0.3, 0.4) is 0 Å². The maximum Gasteiger partial charge on any atom is 0.0978 e. The van der Waals surface area contributed by atoms with E-state index in [1.807, 2.05) is 0 Å². The van der Waals surface area contributed by atoms with E-state index >= 15 is 0 Å². The number of hydrogen-bond acceptors (Lipinski definition) is 4. The topological polar surface area (TPSA) is 33.5 Å². The number of nitriles is 1. The third-order valence-electron chi connectivity index (χ3n) is 4.49. The molecule has 4 heteroatoms. The van der Waals surface area contributed by atoms with Gasteiger partial charge in [0, 0.05) is 39.3 Å². The van der Waals surface area contributed by atoms with E-state index in [2.05, 4.69) is 27.7 Å². The molecule has 0 bridgehead atoms. The first-order chi connectivity index (χ1) is 9.33. The smallest absolute Gasteiger partial charge is 0.0978 e. The molecule has 0 aliphatic carbocycles. The predicted octanol–water partition coefficient (Wildman–Crippen LogP) is 1.39. The van der Waals surface area contributed by atoms with Crippen LogP contribution in [0.25, 0.3) is 0 Å². The van der Waals surface area contributed by atoms with Crippen LogP contribution in [0.15, 0.2) is 0 Å². The van der Waals surface area contributed by atoms with Crippen LogP contribution in [0.1, 0.15) is 32.6 Å². The Kier molecular flexibility index (Phi) is 6.09. The van der Waals surface area contributed by atoms with Gasteiger partial charge in [-0.25, -0.2) is 0 Å².